The Morgan fingerprint density at radius 1 is 1.26 bits per heavy atom. The molecule has 0 unspecified atom stereocenters. The van der Waals surface area contributed by atoms with E-state index in [1.807, 2.05) is 0 Å². The second-order valence-corrected chi connectivity index (χ2v) is 6.26. The van der Waals surface area contributed by atoms with Gasteiger partial charge in [-0.05, 0) is 42.9 Å². The van der Waals surface area contributed by atoms with E-state index in [9.17, 15) is 23.1 Å². The van der Waals surface area contributed by atoms with Gasteiger partial charge < -0.3 is 9.84 Å². The predicted molar refractivity (Wildman–Crippen MR) is 90.5 cm³/mol. The molecule has 1 aliphatic carbocycles. The number of rotatable bonds is 6. The molecule has 0 saturated carbocycles. The highest BCUT2D eigenvalue weighted by Crippen LogP contribution is 2.34. The Hall–Kier alpha value is -2.84. The van der Waals surface area contributed by atoms with Crippen LogP contribution < -0.4 is 4.74 Å². The minimum atomic E-state index is -4.36. The molecule has 2 aromatic heterocycles. The first-order chi connectivity index (χ1) is 12.9. The number of hydrogen-bond acceptors (Lipinski definition) is 5. The first kappa shape index (κ1) is 18.9. The zero-order chi connectivity index (χ0) is 19.4. The molecule has 1 N–H and O–H groups in total. The van der Waals surface area contributed by atoms with Gasteiger partial charge in [-0.1, -0.05) is 0 Å². The summed E-state index contributed by atoms with van der Waals surface area (Å²) in [6.45, 7) is -1.06. The summed E-state index contributed by atoms with van der Waals surface area (Å²) >= 11 is 0. The summed E-state index contributed by atoms with van der Waals surface area (Å²) in [5.74, 6) is -0.158. The number of hydrogen-bond donors (Lipinski definition) is 1. The monoisotopic (exact) mass is 381 g/mol. The Labute approximate surface area is 153 Å². The van der Waals surface area contributed by atoms with Gasteiger partial charge in [0.15, 0.2) is 12.0 Å². The van der Waals surface area contributed by atoms with E-state index < -0.39 is 12.7 Å². The van der Waals surface area contributed by atoms with Crippen LogP contribution in [0.15, 0.2) is 30.2 Å². The molecule has 3 rings (SSSR count). The summed E-state index contributed by atoms with van der Waals surface area (Å²) in [6.07, 6.45) is 2.98. The quantitative estimate of drug-likeness (QED) is 0.771. The number of nitrogens with zero attached hydrogens (tertiary/aromatic N) is 3. The molecule has 144 valence electrons. The maximum absolute atomic E-state index is 12.8. The molecule has 2 aromatic rings. The molecule has 0 fully saturated rings. The Morgan fingerprint density at radius 2 is 2.04 bits per heavy atom. The molecule has 0 aliphatic heterocycles. The van der Waals surface area contributed by atoms with Gasteiger partial charge in [0.05, 0.1) is 18.1 Å². The molecule has 0 spiro atoms. The Balaban J connectivity index is 1.87. The number of aromatic hydroxyl groups is 1. The van der Waals surface area contributed by atoms with Gasteiger partial charge in [0.2, 0.25) is 0 Å². The van der Waals surface area contributed by atoms with Crippen LogP contribution in [0.3, 0.4) is 0 Å². The Kier molecular flexibility index (Phi) is 5.48. The van der Waals surface area contributed by atoms with Crippen LogP contribution in [0, 0.1) is 0 Å². The molecule has 0 atom stereocenters. The standard InChI is InChI=1S/C18H18F3N3O3/c19-18(20,21)11-24-15(5-6-23-24)13-4-2-1-3-12(13)10-27-17-8-22-7-16(26)14(17)9-25/h5-9,26H,1-4,10-11H2. The molecule has 0 saturated heterocycles. The Morgan fingerprint density at radius 3 is 2.78 bits per heavy atom. The molecular weight excluding hydrogens is 363 g/mol. The summed E-state index contributed by atoms with van der Waals surface area (Å²) in [4.78, 5) is 14.9. The Bertz CT molecular complexity index is 859. The van der Waals surface area contributed by atoms with Crippen molar-refractivity contribution in [1.82, 2.24) is 14.8 Å². The van der Waals surface area contributed by atoms with Crippen molar-refractivity contribution in [1.29, 1.82) is 0 Å². The molecule has 1 aliphatic rings. The van der Waals surface area contributed by atoms with E-state index in [1.54, 1.807) is 6.07 Å². The fourth-order valence-corrected chi connectivity index (χ4v) is 3.16. The zero-order valence-corrected chi connectivity index (χ0v) is 14.4. The average molecular weight is 381 g/mol. The average Bonchev–Trinajstić information content (AvgIpc) is 3.06. The van der Waals surface area contributed by atoms with Crippen molar-refractivity contribution in [3.63, 3.8) is 0 Å². The van der Waals surface area contributed by atoms with E-state index in [4.69, 9.17) is 4.74 Å². The van der Waals surface area contributed by atoms with Crippen LogP contribution in [0.25, 0.3) is 5.57 Å². The molecule has 2 heterocycles. The summed E-state index contributed by atoms with van der Waals surface area (Å²) in [5.41, 5.74) is 2.05. The summed E-state index contributed by atoms with van der Waals surface area (Å²) < 4.78 is 45.0. The lowest BCUT2D eigenvalue weighted by Gasteiger charge is -2.22. The van der Waals surface area contributed by atoms with Crippen molar-refractivity contribution in [2.24, 2.45) is 0 Å². The summed E-state index contributed by atoms with van der Waals surface area (Å²) in [5, 5.41) is 13.5. The molecule has 0 aromatic carbocycles. The molecule has 6 nitrogen and oxygen atoms in total. The molecule has 9 heteroatoms. The van der Waals surface area contributed by atoms with Gasteiger partial charge in [-0.3, -0.25) is 14.5 Å². The highest BCUT2D eigenvalue weighted by Gasteiger charge is 2.30. The number of carbonyl (C=O) groups excluding carboxylic acids is 1. The van der Waals surface area contributed by atoms with Gasteiger partial charge in [-0.2, -0.15) is 18.3 Å². The predicted octanol–water partition coefficient (Wildman–Crippen LogP) is 3.77. The van der Waals surface area contributed by atoms with Crippen molar-refractivity contribution in [3.05, 3.63) is 41.5 Å². The van der Waals surface area contributed by atoms with Crippen LogP contribution in [0.1, 0.15) is 41.7 Å². The molecule has 0 radical (unpaired) electrons. The van der Waals surface area contributed by atoms with E-state index in [0.29, 0.717) is 24.8 Å². The lowest BCUT2D eigenvalue weighted by molar-refractivity contribution is -0.142. The highest BCUT2D eigenvalue weighted by atomic mass is 19.4. The van der Waals surface area contributed by atoms with Gasteiger partial charge >= 0.3 is 6.18 Å². The van der Waals surface area contributed by atoms with E-state index in [1.165, 1.54) is 12.4 Å². The molecule has 27 heavy (non-hydrogen) atoms. The van der Waals surface area contributed by atoms with Crippen LogP contribution in [-0.4, -0.2) is 38.9 Å². The van der Waals surface area contributed by atoms with Crippen LogP contribution in [0.2, 0.25) is 0 Å². The van der Waals surface area contributed by atoms with Gasteiger partial charge in [-0.25, -0.2) is 0 Å². The van der Waals surface area contributed by atoms with Crippen molar-refractivity contribution < 1.29 is 27.8 Å². The van der Waals surface area contributed by atoms with Crippen molar-refractivity contribution in [2.75, 3.05) is 6.61 Å². The van der Waals surface area contributed by atoms with Gasteiger partial charge in [0.25, 0.3) is 0 Å². The third-order valence-electron chi connectivity index (χ3n) is 4.39. The lowest BCUT2D eigenvalue weighted by atomic mass is 9.90. The number of aldehydes is 1. The second-order valence-electron chi connectivity index (χ2n) is 6.26. The summed E-state index contributed by atoms with van der Waals surface area (Å²) in [6, 6.07) is 1.57. The van der Waals surface area contributed by atoms with E-state index in [0.717, 1.165) is 34.9 Å². The number of alkyl halides is 3. The van der Waals surface area contributed by atoms with Crippen molar-refractivity contribution in [2.45, 2.75) is 38.4 Å². The number of carbonyl (C=O) groups is 1. The normalized spacial score (nSPS) is 15.1. The van der Waals surface area contributed by atoms with E-state index in [-0.39, 0.29) is 23.7 Å². The molecular formula is C18H18F3N3O3. The van der Waals surface area contributed by atoms with Crippen LogP contribution >= 0.6 is 0 Å². The minimum absolute atomic E-state index is 0.00919. The largest absolute Gasteiger partial charge is 0.505 e. The van der Waals surface area contributed by atoms with Crippen molar-refractivity contribution >= 4 is 11.9 Å². The third-order valence-corrected chi connectivity index (χ3v) is 4.39. The highest BCUT2D eigenvalue weighted by molar-refractivity contribution is 5.82. The van der Waals surface area contributed by atoms with Gasteiger partial charge in [0.1, 0.15) is 24.5 Å². The lowest BCUT2D eigenvalue weighted by Crippen LogP contribution is -2.21. The first-order valence-corrected chi connectivity index (χ1v) is 8.44. The van der Waals surface area contributed by atoms with Gasteiger partial charge in [-0.15, -0.1) is 0 Å². The fraction of sp³-hybridized carbons (Fsp3) is 0.389. The smallest absolute Gasteiger partial charge is 0.408 e. The second kappa shape index (κ2) is 7.81. The first-order valence-electron chi connectivity index (χ1n) is 8.44. The van der Waals surface area contributed by atoms with Gasteiger partial charge in [0, 0.05) is 6.20 Å². The number of pyridine rings is 1. The topological polar surface area (TPSA) is 77.2 Å². The van der Waals surface area contributed by atoms with E-state index in [2.05, 4.69) is 10.1 Å². The number of aromatic nitrogens is 3. The molecule has 0 amide bonds. The van der Waals surface area contributed by atoms with Crippen LogP contribution in [-0.2, 0) is 6.54 Å². The SMILES string of the molecule is O=Cc1c(O)cncc1OCC1=C(c2ccnn2CC(F)(F)F)CCCC1. The minimum Gasteiger partial charge on any atom is -0.505 e. The molecule has 0 bridgehead atoms. The number of halogens is 3. The number of ether oxygens (including phenoxy) is 1. The van der Waals surface area contributed by atoms with E-state index >= 15 is 0 Å². The summed E-state index contributed by atoms with van der Waals surface area (Å²) in [7, 11) is 0. The van der Waals surface area contributed by atoms with Crippen molar-refractivity contribution in [3.8, 4) is 11.5 Å². The number of allylic oxidation sites excluding steroid dienone is 1. The van der Waals surface area contributed by atoms with Crippen LogP contribution in [0.5, 0.6) is 11.5 Å². The third kappa shape index (κ3) is 4.47. The maximum atomic E-state index is 12.8. The maximum Gasteiger partial charge on any atom is 0.408 e. The van der Waals surface area contributed by atoms with Crippen LogP contribution in [0.4, 0.5) is 13.2 Å². The fourth-order valence-electron chi connectivity index (χ4n) is 3.16. The zero-order valence-electron chi connectivity index (χ0n) is 14.4.